The lowest BCUT2D eigenvalue weighted by Crippen LogP contribution is -2.05. The standard InChI is InChI=1S/C11H10ClNO2/c1-6-2-11-8(4-9(6)12)10(14)3-7(5-13)15-11/h2-4H,5,13H2,1H3. The monoisotopic (exact) mass is 223 g/mol. The number of fused-ring (bicyclic) bond motifs is 1. The van der Waals surface area contributed by atoms with E-state index in [1.807, 2.05) is 6.92 Å². The quantitative estimate of drug-likeness (QED) is 0.807. The minimum absolute atomic E-state index is 0.112. The molecule has 0 radical (unpaired) electrons. The number of nitrogens with two attached hydrogens (primary N) is 1. The third-order valence-corrected chi connectivity index (χ3v) is 2.67. The largest absolute Gasteiger partial charge is 0.459 e. The molecule has 0 bridgehead atoms. The molecular formula is C11H10ClNO2. The molecule has 1 aromatic carbocycles. The molecule has 3 nitrogen and oxygen atoms in total. The van der Waals surface area contributed by atoms with Gasteiger partial charge >= 0.3 is 0 Å². The van der Waals surface area contributed by atoms with E-state index in [0.717, 1.165) is 5.56 Å². The molecule has 0 aliphatic carbocycles. The van der Waals surface area contributed by atoms with E-state index in [-0.39, 0.29) is 12.0 Å². The Hall–Kier alpha value is -1.32. The summed E-state index contributed by atoms with van der Waals surface area (Å²) in [5, 5.41) is 1.05. The van der Waals surface area contributed by atoms with Crippen molar-refractivity contribution >= 4 is 22.6 Å². The maximum absolute atomic E-state index is 11.6. The molecule has 2 aromatic rings. The molecule has 0 unspecified atom stereocenters. The average Bonchev–Trinajstić information content (AvgIpc) is 2.21. The first-order valence-electron chi connectivity index (χ1n) is 4.55. The van der Waals surface area contributed by atoms with Gasteiger partial charge in [0, 0.05) is 11.1 Å². The zero-order valence-electron chi connectivity index (χ0n) is 8.21. The van der Waals surface area contributed by atoms with Gasteiger partial charge in [0.25, 0.3) is 0 Å². The van der Waals surface area contributed by atoms with Crippen LogP contribution in [0.3, 0.4) is 0 Å². The summed E-state index contributed by atoms with van der Waals surface area (Å²) < 4.78 is 5.44. The molecule has 4 heteroatoms. The number of halogens is 1. The number of aryl methyl sites for hydroxylation is 1. The molecule has 1 aromatic heterocycles. The van der Waals surface area contributed by atoms with E-state index < -0.39 is 0 Å². The van der Waals surface area contributed by atoms with Gasteiger partial charge in [-0.2, -0.15) is 0 Å². The topological polar surface area (TPSA) is 56.2 Å². The Kier molecular flexibility index (Phi) is 2.50. The van der Waals surface area contributed by atoms with Crippen LogP contribution in [0.2, 0.25) is 5.02 Å². The minimum atomic E-state index is -0.112. The molecule has 0 saturated carbocycles. The molecule has 0 fully saturated rings. The van der Waals surface area contributed by atoms with Crippen LogP contribution in [-0.4, -0.2) is 0 Å². The minimum Gasteiger partial charge on any atom is -0.459 e. The highest BCUT2D eigenvalue weighted by Crippen LogP contribution is 2.21. The van der Waals surface area contributed by atoms with Crippen LogP contribution in [-0.2, 0) is 6.54 Å². The third-order valence-electron chi connectivity index (χ3n) is 2.26. The fraction of sp³-hybridized carbons (Fsp3) is 0.182. The molecule has 0 spiro atoms. The molecule has 1 heterocycles. The maximum atomic E-state index is 11.6. The lowest BCUT2D eigenvalue weighted by atomic mass is 10.1. The highest BCUT2D eigenvalue weighted by molar-refractivity contribution is 6.32. The fourth-order valence-electron chi connectivity index (χ4n) is 1.43. The van der Waals surface area contributed by atoms with Gasteiger partial charge in [0.15, 0.2) is 5.43 Å². The second-order valence-corrected chi connectivity index (χ2v) is 3.79. The van der Waals surface area contributed by atoms with E-state index in [4.69, 9.17) is 21.8 Å². The van der Waals surface area contributed by atoms with Crippen LogP contribution in [0.15, 0.2) is 27.4 Å². The van der Waals surface area contributed by atoms with Gasteiger partial charge in [0.2, 0.25) is 0 Å². The van der Waals surface area contributed by atoms with Gasteiger partial charge in [-0.05, 0) is 24.6 Å². The molecule has 0 aliphatic rings. The smallest absolute Gasteiger partial charge is 0.193 e. The Morgan fingerprint density at radius 3 is 2.80 bits per heavy atom. The maximum Gasteiger partial charge on any atom is 0.193 e. The lowest BCUT2D eigenvalue weighted by molar-refractivity contribution is 0.539. The molecule has 2 N–H and O–H groups in total. The second kappa shape index (κ2) is 3.68. The predicted octanol–water partition coefficient (Wildman–Crippen LogP) is 2.21. The summed E-state index contributed by atoms with van der Waals surface area (Å²) in [4.78, 5) is 11.6. The number of hydrogen-bond donors (Lipinski definition) is 1. The van der Waals surface area contributed by atoms with Crippen molar-refractivity contribution in [3.63, 3.8) is 0 Å². The highest BCUT2D eigenvalue weighted by Gasteiger charge is 2.06. The zero-order chi connectivity index (χ0) is 11.0. The first kappa shape index (κ1) is 10.2. The van der Waals surface area contributed by atoms with Crippen molar-refractivity contribution in [2.45, 2.75) is 13.5 Å². The fourth-order valence-corrected chi connectivity index (χ4v) is 1.59. The Labute approximate surface area is 91.5 Å². The average molecular weight is 224 g/mol. The Balaban J connectivity index is 2.86. The first-order chi connectivity index (χ1) is 7.11. The van der Waals surface area contributed by atoms with Crippen LogP contribution < -0.4 is 11.2 Å². The van der Waals surface area contributed by atoms with E-state index >= 15 is 0 Å². The Morgan fingerprint density at radius 1 is 1.40 bits per heavy atom. The third kappa shape index (κ3) is 1.76. The highest BCUT2D eigenvalue weighted by atomic mass is 35.5. The summed E-state index contributed by atoms with van der Waals surface area (Å²) in [6, 6.07) is 4.77. The number of rotatable bonds is 1. The predicted molar refractivity (Wildman–Crippen MR) is 60.1 cm³/mol. The molecular weight excluding hydrogens is 214 g/mol. The van der Waals surface area contributed by atoms with Gasteiger partial charge in [-0.25, -0.2) is 0 Å². The summed E-state index contributed by atoms with van der Waals surface area (Å²) in [5.41, 5.74) is 6.72. The van der Waals surface area contributed by atoms with Crippen LogP contribution >= 0.6 is 11.6 Å². The summed E-state index contributed by atoms with van der Waals surface area (Å²) in [7, 11) is 0. The summed E-state index contributed by atoms with van der Waals surface area (Å²) in [5.74, 6) is 0.481. The van der Waals surface area contributed by atoms with Crippen molar-refractivity contribution in [3.05, 3.63) is 44.8 Å². The van der Waals surface area contributed by atoms with E-state index in [0.29, 0.717) is 21.8 Å². The normalized spacial score (nSPS) is 10.9. The molecule has 0 aliphatic heterocycles. The summed E-state index contributed by atoms with van der Waals surface area (Å²) in [6.45, 7) is 2.07. The van der Waals surface area contributed by atoms with Gasteiger partial charge in [-0.1, -0.05) is 11.6 Å². The van der Waals surface area contributed by atoms with Crippen molar-refractivity contribution in [2.24, 2.45) is 5.73 Å². The van der Waals surface area contributed by atoms with Gasteiger partial charge in [-0.3, -0.25) is 4.79 Å². The van der Waals surface area contributed by atoms with Crippen molar-refractivity contribution in [1.82, 2.24) is 0 Å². The van der Waals surface area contributed by atoms with Crippen LogP contribution in [0.4, 0.5) is 0 Å². The molecule has 0 saturated heterocycles. The zero-order valence-corrected chi connectivity index (χ0v) is 8.97. The molecule has 15 heavy (non-hydrogen) atoms. The Bertz CT molecular complexity index is 575. The summed E-state index contributed by atoms with van der Waals surface area (Å²) >= 11 is 5.93. The number of benzene rings is 1. The Morgan fingerprint density at radius 2 is 2.13 bits per heavy atom. The first-order valence-corrected chi connectivity index (χ1v) is 4.92. The van der Waals surface area contributed by atoms with Crippen molar-refractivity contribution < 1.29 is 4.42 Å². The number of hydrogen-bond acceptors (Lipinski definition) is 3. The summed E-state index contributed by atoms with van der Waals surface area (Å²) in [6.07, 6.45) is 0. The van der Waals surface area contributed by atoms with Crippen LogP contribution in [0, 0.1) is 6.92 Å². The van der Waals surface area contributed by atoms with Gasteiger partial charge < -0.3 is 10.2 Å². The van der Waals surface area contributed by atoms with E-state index in [1.54, 1.807) is 12.1 Å². The van der Waals surface area contributed by atoms with E-state index in [2.05, 4.69) is 0 Å². The van der Waals surface area contributed by atoms with Gasteiger partial charge in [-0.15, -0.1) is 0 Å². The van der Waals surface area contributed by atoms with Gasteiger partial charge in [0.05, 0.1) is 11.9 Å². The van der Waals surface area contributed by atoms with E-state index in [9.17, 15) is 4.79 Å². The molecule has 0 atom stereocenters. The van der Waals surface area contributed by atoms with Crippen LogP contribution in [0.25, 0.3) is 11.0 Å². The molecule has 78 valence electrons. The van der Waals surface area contributed by atoms with Crippen LogP contribution in [0.5, 0.6) is 0 Å². The van der Waals surface area contributed by atoms with E-state index in [1.165, 1.54) is 6.07 Å². The van der Waals surface area contributed by atoms with Crippen LogP contribution in [0.1, 0.15) is 11.3 Å². The molecule has 0 amide bonds. The van der Waals surface area contributed by atoms with Crippen molar-refractivity contribution in [1.29, 1.82) is 0 Å². The lowest BCUT2D eigenvalue weighted by Gasteiger charge is -2.03. The van der Waals surface area contributed by atoms with Crippen molar-refractivity contribution in [2.75, 3.05) is 0 Å². The van der Waals surface area contributed by atoms with Gasteiger partial charge in [0.1, 0.15) is 11.3 Å². The molecule has 2 rings (SSSR count). The van der Waals surface area contributed by atoms with Crippen molar-refractivity contribution in [3.8, 4) is 0 Å². The SMILES string of the molecule is Cc1cc2oc(CN)cc(=O)c2cc1Cl. The second-order valence-electron chi connectivity index (χ2n) is 3.38.